The van der Waals surface area contributed by atoms with Gasteiger partial charge in [0, 0.05) is 11.6 Å². The molecule has 0 spiro atoms. The van der Waals surface area contributed by atoms with Gasteiger partial charge in [-0.3, -0.25) is 4.79 Å². The first-order chi connectivity index (χ1) is 14.0. The monoisotopic (exact) mass is 418 g/mol. The minimum atomic E-state index is -0.126. The minimum absolute atomic E-state index is 0.126. The summed E-state index contributed by atoms with van der Waals surface area (Å²) in [5.41, 5.74) is 6.23. The molecule has 1 aliphatic carbocycles. The number of fused-ring (bicyclic) bond motifs is 1. The number of unbranched alkanes of at least 4 members (excludes halogenated alkanes) is 1. The van der Waals surface area contributed by atoms with Crippen molar-refractivity contribution in [2.45, 2.75) is 77.7 Å². The zero-order valence-corrected chi connectivity index (χ0v) is 18.6. The summed E-state index contributed by atoms with van der Waals surface area (Å²) in [6.45, 7) is 5.39. The molecular weight excluding hydrogens is 384 g/mol. The molecule has 1 saturated carbocycles. The molecule has 0 aliphatic heterocycles. The first kappa shape index (κ1) is 22.2. The molecule has 1 atom stereocenters. The van der Waals surface area contributed by atoms with Gasteiger partial charge in [0.2, 0.25) is 0 Å². The van der Waals surface area contributed by atoms with Crippen LogP contribution in [-0.4, -0.2) is 17.6 Å². The van der Waals surface area contributed by atoms with Crippen molar-refractivity contribution in [3.05, 3.63) is 39.8 Å². The maximum Gasteiger partial charge on any atom is 0.255 e. The van der Waals surface area contributed by atoms with E-state index in [1.807, 2.05) is 12.1 Å². The summed E-state index contributed by atoms with van der Waals surface area (Å²) in [4.78, 5) is 14.7. The first-order valence-corrected chi connectivity index (χ1v) is 11.6. The lowest BCUT2D eigenvalue weighted by Gasteiger charge is -2.45. The van der Waals surface area contributed by atoms with Crippen LogP contribution in [0.2, 0.25) is 5.02 Å². The highest BCUT2D eigenvalue weighted by atomic mass is 35.5. The van der Waals surface area contributed by atoms with Gasteiger partial charge >= 0.3 is 0 Å². The molecule has 0 bridgehead atoms. The van der Waals surface area contributed by atoms with E-state index in [2.05, 4.69) is 18.8 Å². The molecule has 1 aromatic heterocycles. The summed E-state index contributed by atoms with van der Waals surface area (Å²) in [5, 5.41) is 1.96. The Balaban J connectivity index is 1.70. The molecule has 0 amide bonds. The Morgan fingerprint density at radius 2 is 2.03 bits per heavy atom. The SMILES string of the molecule is CCCC[C@@H](CCN)[C@]1(CC)CC[C@@H](Oc2cc3cc[nH]c(=O)c3cc2Cl)CC1. The topological polar surface area (TPSA) is 68.1 Å². The van der Waals surface area contributed by atoms with E-state index in [0.29, 0.717) is 21.6 Å². The summed E-state index contributed by atoms with van der Waals surface area (Å²) in [6, 6.07) is 5.49. The highest BCUT2D eigenvalue weighted by molar-refractivity contribution is 6.32. The smallest absolute Gasteiger partial charge is 0.255 e. The van der Waals surface area contributed by atoms with Crippen LogP contribution in [-0.2, 0) is 0 Å². The predicted octanol–water partition coefficient (Wildman–Crippen LogP) is 6.05. The average molecular weight is 419 g/mol. The van der Waals surface area contributed by atoms with Gasteiger partial charge in [-0.25, -0.2) is 0 Å². The Bertz CT molecular complexity index is 856. The molecule has 0 radical (unpaired) electrons. The van der Waals surface area contributed by atoms with Crippen molar-refractivity contribution in [3.8, 4) is 5.75 Å². The number of hydrogen-bond acceptors (Lipinski definition) is 3. The molecule has 3 N–H and O–H groups in total. The predicted molar refractivity (Wildman–Crippen MR) is 122 cm³/mol. The Labute approximate surface area is 179 Å². The molecule has 1 aromatic carbocycles. The van der Waals surface area contributed by atoms with Gasteiger partial charge in [-0.15, -0.1) is 0 Å². The molecule has 4 nitrogen and oxygen atoms in total. The lowest BCUT2D eigenvalue weighted by Crippen LogP contribution is -2.38. The average Bonchev–Trinajstić information content (AvgIpc) is 2.73. The second-order valence-corrected chi connectivity index (χ2v) is 9.03. The van der Waals surface area contributed by atoms with Crippen molar-refractivity contribution < 1.29 is 4.74 Å². The number of rotatable bonds is 9. The van der Waals surface area contributed by atoms with Crippen molar-refractivity contribution >= 4 is 22.4 Å². The van der Waals surface area contributed by atoms with Crippen LogP contribution in [0.1, 0.15) is 71.6 Å². The van der Waals surface area contributed by atoms with E-state index in [0.717, 1.165) is 37.1 Å². The number of H-pyrrole nitrogens is 1. The van der Waals surface area contributed by atoms with Crippen LogP contribution in [0, 0.1) is 11.3 Å². The summed E-state index contributed by atoms with van der Waals surface area (Å²) in [5.74, 6) is 1.40. The zero-order valence-electron chi connectivity index (χ0n) is 17.8. The second-order valence-electron chi connectivity index (χ2n) is 8.63. The van der Waals surface area contributed by atoms with E-state index in [4.69, 9.17) is 22.1 Å². The molecule has 0 unspecified atom stereocenters. The van der Waals surface area contributed by atoms with E-state index < -0.39 is 0 Å². The third-order valence-electron chi connectivity index (χ3n) is 7.04. The van der Waals surface area contributed by atoms with E-state index in [1.54, 1.807) is 12.3 Å². The van der Waals surface area contributed by atoms with Crippen LogP contribution >= 0.6 is 11.6 Å². The number of benzene rings is 1. The van der Waals surface area contributed by atoms with Gasteiger partial charge in [-0.05, 0) is 80.0 Å². The summed E-state index contributed by atoms with van der Waals surface area (Å²) in [7, 11) is 0. The summed E-state index contributed by atoms with van der Waals surface area (Å²) >= 11 is 6.43. The van der Waals surface area contributed by atoms with E-state index in [9.17, 15) is 4.79 Å². The Morgan fingerprint density at radius 1 is 1.28 bits per heavy atom. The number of halogens is 1. The van der Waals surface area contributed by atoms with Crippen molar-refractivity contribution in [2.75, 3.05) is 6.54 Å². The minimum Gasteiger partial charge on any atom is -0.489 e. The third-order valence-corrected chi connectivity index (χ3v) is 7.33. The molecule has 5 heteroatoms. The zero-order chi connectivity index (χ0) is 20.9. The van der Waals surface area contributed by atoms with E-state index in [1.165, 1.54) is 38.5 Å². The van der Waals surface area contributed by atoms with Crippen LogP contribution in [0.4, 0.5) is 0 Å². The van der Waals surface area contributed by atoms with Gasteiger partial charge in [0.1, 0.15) is 5.75 Å². The lowest BCUT2D eigenvalue weighted by molar-refractivity contribution is 0.0250. The maximum atomic E-state index is 12.0. The molecule has 1 fully saturated rings. The highest BCUT2D eigenvalue weighted by Crippen LogP contribution is 2.49. The Kier molecular flexibility index (Phi) is 7.64. The third kappa shape index (κ3) is 4.97. The van der Waals surface area contributed by atoms with Crippen molar-refractivity contribution in [1.29, 1.82) is 0 Å². The van der Waals surface area contributed by atoms with E-state index in [-0.39, 0.29) is 11.7 Å². The number of nitrogens with two attached hydrogens (primary N) is 1. The van der Waals surface area contributed by atoms with E-state index >= 15 is 0 Å². The number of hydrogen-bond donors (Lipinski definition) is 2. The lowest BCUT2D eigenvalue weighted by atomic mass is 9.61. The summed E-state index contributed by atoms with van der Waals surface area (Å²) in [6.07, 6.45) is 12.5. The Morgan fingerprint density at radius 3 is 2.69 bits per heavy atom. The van der Waals surface area contributed by atoms with Crippen LogP contribution in [0.15, 0.2) is 29.2 Å². The van der Waals surface area contributed by atoms with Gasteiger partial charge < -0.3 is 15.5 Å². The standard InChI is InChI=1S/C24H35ClN2O2/c1-3-5-6-18(9-13-26)24(4-2)11-7-19(8-12-24)29-22-15-17-10-14-27-23(28)20(17)16-21(22)25/h10,14-16,18-19H,3-9,11-13,26H2,1-2H3,(H,27,28)/t18-,19-,24-/m0/s1. The molecule has 1 aliphatic rings. The number of pyridine rings is 1. The largest absolute Gasteiger partial charge is 0.489 e. The molecular formula is C24H35ClN2O2. The van der Waals surface area contributed by atoms with Crippen molar-refractivity contribution in [1.82, 2.24) is 4.98 Å². The van der Waals surface area contributed by atoms with Crippen molar-refractivity contribution in [3.63, 3.8) is 0 Å². The van der Waals surface area contributed by atoms with Gasteiger partial charge in [-0.1, -0.05) is 44.7 Å². The van der Waals surface area contributed by atoms with Gasteiger partial charge in [0.05, 0.1) is 11.1 Å². The molecule has 160 valence electrons. The molecule has 29 heavy (non-hydrogen) atoms. The fourth-order valence-corrected chi connectivity index (χ4v) is 5.41. The highest BCUT2D eigenvalue weighted by Gasteiger charge is 2.40. The fraction of sp³-hybridized carbons (Fsp3) is 0.625. The van der Waals surface area contributed by atoms with Crippen LogP contribution in [0.5, 0.6) is 5.75 Å². The second kappa shape index (κ2) is 9.99. The van der Waals surface area contributed by atoms with Crippen LogP contribution in [0.3, 0.4) is 0 Å². The van der Waals surface area contributed by atoms with Crippen molar-refractivity contribution in [2.24, 2.45) is 17.1 Å². The fourth-order valence-electron chi connectivity index (χ4n) is 5.20. The van der Waals surface area contributed by atoms with Crippen LogP contribution < -0.4 is 16.0 Å². The van der Waals surface area contributed by atoms with Crippen LogP contribution in [0.25, 0.3) is 10.8 Å². The quantitative estimate of drug-likeness (QED) is 0.520. The molecule has 0 saturated heterocycles. The first-order valence-electron chi connectivity index (χ1n) is 11.2. The van der Waals surface area contributed by atoms with Gasteiger partial charge in [-0.2, -0.15) is 0 Å². The normalized spacial score (nSPS) is 23.2. The number of aromatic amines is 1. The maximum absolute atomic E-state index is 12.0. The Hall–Kier alpha value is -1.52. The number of ether oxygens (including phenoxy) is 1. The van der Waals surface area contributed by atoms with Gasteiger partial charge in [0.25, 0.3) is 5.56 Å². The number of aromatic nitrogens is 1. The molecule has 2 aromatic rings. The molecule has 1 heterocycles. The van der Waals surface area contributed by atoms with Gasteiger partial charge in [0.15, 0.2) is 0 Å². The molecule has 3 rings (SSSR count). The number of nitrogens with one attached hydrogen (secondary N) is 1. The summed E-state index contributed by atoms with van der Waals surface area (Å²) < 4.78 is 6.32.